The molecule has 3 rings (SSSR count). The molecule has 0 bridgehead atoms. The molecule has 0 aliphatic carbocycles. The maximum Gasteiger partial charge on any atom is 0.268 e. The number of anilines is 1. The van der Waals surface area contributed by atoms with Crippen molar-refractivity contribution in [1.82, 2.24) is 9.97 Å². The van der Waals surface area contributed by atoms with Gasteiger partial charge < -0.3 is 10.7 Å². The van der Waals surface area contributed by atoms with E-state index in [4.69, 9.17) is 5.73 Å². The molecule has 0 aliphatic heterocycles. The summed E-state index contributed by atoms with van der Waals surface area (Å²) >= 11 is 1.56. The first-order valence-electron chi connectivity index (χ1n) is 8.19. The summed E-state index contributed by atoms with van der Waals surface area (Å²) in [5, 5.41) is 21.7. The lowest BCUT2D eigenvalue weighted by Crippen LogP contribution is -2.16. The van der Waals surface area contributed by atoms with Gasteiger partial charge >= 0.3 is 0 Å². The van der Waals surface area contributed by atoms with Crippen LogP contribution < -0.4 is 11.3 Å². The fraction of sp³-hybridized carbons (Fsp3) is 0.200. The molecule has 0 amide bonds. The molecule has 2 heterocycles. The van der Waals surface area contributed by atoms with E-state index in [2.05, 4.69) is 30.7 Å². The highest BCUT2D eigenvalue weighted by atomic mass is 32.1. The number of aromatic amines is 1. The van der Waals surface area contributed by atoms with E-state index >= 15 is 0 Å². The van der Waals surface area contributed by atoms with Crippen LogP contribution in [0.1, 0.15) is 37.6 Å². The molecule has 2 aromatic heterocycles. The molecule has 3 N–H and O–H groups in total. The molecule has 0 saturated heterocycles. The lowest BCUT2D eigenvalue weighted by Gasteiger charge is -2.14. The van der Waals surface area contributed by atoms with Gasteiger partial charge in [0.05, 0.1) is 5.69 Å². The maximum absolute atomic E-state index is 12.0. The zero-order valence-corrected chi connectivity index (χ0v) is 15.9. The number of aromatic nitrogens is 2. The molecule has 1 aromatic carbocycles. The first-order valence-corrected chi connectivity index (χ1v) is 9.07. The van der Waals surface area contributed by atoms with Crippen LogP contribution in [-0.4, -0.2) is 9.97 Å². The SMILES string of the molecule is CC(C)(C)c1csc(-c2ccc(-c3c(C#N)c(N)[nH]c(=O)c3C#N)cc2)n1. The van der Waals surface area contributed by atoms with Crippen molar-refractivity contribution < 1.29 is 0 Å². The van der Waals surface area contributed by atoms with Gasteiger partial charge in [-0.3, -0.25) is 4.79 Å². The number of nitrogens with one attached hydrogen (secondary N) is 1. The number of pyridine rings is 1. The van der Waals surface area contributed by atoms with Crippen molar-refractivity contribution in [2.45, 2.75) is 26.2 Å². The number of nitrogens with two attached hydrogens (primary N) is 1. The van der Waals surface area contributed by atoms with Gasteiger partial charge in [0.15, 0.2) is 0 Å². The second-order valence-corrected chi connectivity index (χ2v) is 7.94. The van der Waals surface area contributed by atoms with E-state index in [1.54, 1.807) is 23.5 Å². The smallest absolute Gasteiger partial charge is 0.268 e. The monoisotopic (exact) mass is 375 g/mol. The van der Waals surface area contributed by atoms with Crippen LogP contribution in [0.2, 0.25) is 0 Å². The van der Waals surface area contributed by atoms with Crippen molar-refractivity contribution in [3.05, 3.63) is 56.8 Å². The van der Waals surface area contributed by atoms with Gasteiger partial charge in [0, 0.05) is 21.9 Å². The second kappa shape index (κ2) is 6.71. The van der Waals surface area contributed by atoms with Gasteiger partial charge in [-0.25, -0.2) is 4.98 Å². The summed E-state index contributed by atoms with van der Waals surface area (Å²) in [5.74, 6) is -0.0460. The first kappa shape index (κ1) is 18.4. The van der Waals surface area contributed by atoms with Gasteiger partial charge in [-0.2, -0.15) is 10.5 Å². The maximum atomic E-state index is 12.0. The van der Waals surface area contributed by atoms with Gasteiger partial charge in [0.1, 0.15) is 34.1 Å². The van der Waals surface area contributed by atoms with Crippen LogP contribution in [0.25, 0.3) is 21.7 Å². The molecule has 7 heteroatoms. The number of hydrogen-bond acceptors (Lipinski definition) is 6. The van der Waals surface area contributed by atoms with Crippen molar-refractivity contribution in [1.29, 1.82) is 10.5 Å². The van der Waals surface area contributed by atoms with Gasteiger partial charge in [0.2, 0.25) is 0 Å². The molecule has 0 spiro atoms. The Morgan fingerprint density at radius 1 is 1.07 bits per heavy atom. The Morgan fingerprint density at radius 2 is 1.67 bits per heavy atom. The minimum Gasteiger partial charge on any atom is -0.384 e. The Kier molecular flexibility index (Phi) is 4.57. The Morgan fingerprint density at radius 3 is 2.19 bits per heavy atom. The summed E-state index contributed by atoms with van der Waals surface area (Å²) in [6, 6.07) is 11.1. The molecular weight excluding hydrogens is 358 g/mol. The minimum absolute atomic E-state index is 0.0271. The van der Waals surface area contributed by atoms with E-state index in [1.165, 1.54) is 0 Å². The second-order valence-electron chi connectivity index (χ2n) is 7.08. The fourth-order valence-electron chi connectivity index (χ4n) is 2.66. The van der Waals surface area contributed by atoms with E-state index in [0.717, 1.165) is 16.3 Å². The number of nitrogen functional groups attached to an aromatic ring is 1. The molecule has 6 nitrogen and oxygen atoms in total. The lowest BCUT2D eigenvalue weighted by molar-refractivity contribution is 0.573. The number of thiazole rings is 1. The van der Waals surface area contributed by atoms with Crippen LogP contribution in [-0.2, 0) is 5.41 Å². The number of rotatable bonds is 2. The highest BCUT2D eigenvalue weighted by Crippen LogP contribution is 2.33. The fourth-order valence-corrected chi connectivity index (χ4v) is 3.72. The zero-order valence-electron chi connectivity index (χ0n) is 15.1. The van der Waals surface area contributed by atoms with E-state index in [9.17, 15) is 15.3 Å². The molecule has 0 aliphatic rings. The normalized spacial score (nSPS) is 11.0. The summed E-state index contributed by atoms with van der Waals surface area (Å²) in [6.45, 7) is 6.33. The quantitative estimate of drug-likeness (QED) is 0.706. The highest BCUT2D eigenvalue weighted by Gasteiger charge is 2.20. The van der Waals surface area contributed by atoms with Crippen LogP contribution in [0.15, 0.2) is 34.4 Å². The third kappa shape index (κ3) is 3.33. The molecular formula is C20H17N5OS. The number of benzene rings is 1. The van der Waals surface area contributed by atoms with Crippen molar-refractivity contribution in [3.63, 3.8) is 0 Å². The zero-order chi connectivity index (χ0) is 19.8. The van der Waals surface area contributed by atoms with Crippen molar-refractivity contribution in [3.8, 4) is 33.8 Å². The molecule has 0 atom stereocenters. The molecule has 0 radical (unpaired) electrons. The Labute approximate surface area is 160 Å². The minimum atomic E-state index is -0.609. The van der Waals surface area contributed by atoms with E-state index < -0.39 is 5.56 Å². The van der Waals surface area contributed by atoms with E-state index in [0.29, 0.717) is 5.56 Å². The number of nitrogens with zero attached hydrogens (tertiary/aromatic N) is 3. The first-order chi connectivity index (χ1) is 12.8. The molecule has 0 fully saturated rings. The van der Waals surface area contributed by atoms with Crippen LogP contribution in [0.5, 0.6) is 0 Å². The third-order valence-corrected chi connectivity index (χ3v) is 5.05. The highest BCUT2D eigenvalue weighted by molar-refractivity contribution is 7.13. The van der Waals surface area contributed by atoms with Crippen molar-refractivity contribution >= 4 is 17.2 Å². The third-order valence-electron chi connectivity index (χ3n) is 4.16. The van der Waals surface area contributed by atoms with Crippen LogP contribution in [0.4, 0.5) is 5.82 Å². The summed E-state index contributed by atoms with van der Waals surface area (Å²) in [6.07, 6.45) is 0. The summed E-state index contributed by atoms with van der Waals surface area (Å²) in [7, 11) is 0. The number of H-pyrrole nitrogens is 1. The predicted molar refractivity (Wildman–Crippen MR) is 106 cm³/mol. The Balaban J connectivity index is 2.10. The van der Waals surface area contributed by atoms with Gasteiger partial charge in [-0.1, -0.05) is 45.0 Å². The molecule has 0 unspecified atom stereocenters. The lowest BCUT2D eigenvalue weighted by atomic mass is 9.93. The number of nitriles is 2. The van der Waals surface area contributed by atoms with Gasteiger partial charge in [-0.15, -0.1) is 11.3 Å². The van der Waals surface area contributed by atoms with E-state index in [-0.39, 0.29) is 27.9 Å². The van der Waals surface area contributed by atoms with Gasteiger partial charge in [0.25, 0.3) is 5.56 Å². The van der Waals surface area contributed by atoms with E-state index in [1.807, 2.05) is 29.7 Å². The average molecular weight is 375 g/mol. The summed E-state index contributed by atoms with van der Waals surface area (Å²) < 4.78 is 0. The van der Waals surface area contributed by atoms with Crippen LogP contribution in [0.3, 0.4) is 0 Å². The number of hydrogen-bond donors (Lipinski definition) is 2. The Hall–Kier alpha value is -3.42. The van der Waals surface area contributed by atoms with Crippen LogP contribution >= 0.6 is 11.3 Å². The topological polar surface area (TPSA) is 119 Å². The molecule has 134 valence electrons. The Bertz CT molecular complexity index is 1150. The molecule has 0 saturated carbocycles. The molecule has 3 aromatic rings. The molecule has 27 heavy (non-hydrogen) atoms. The van der Waals surface area contributed by atoms with Crippen LogP contribution in [0, 0.1) is 22.7 Å². The van der Waals surface area contributed by atoms with Crippen molar-refractivity contribution in [2.75, 3.05) is 5.73 Å². The van der Waals surface area contributed by atoms with Crippen molar-refractivity contribution in [2.24, 2.45) is 0 Å². The largest absolute Gasteiger partial charge is 0.384 e. The summed E-state index contributed by atoms with van der Waals surface area (Å²) in [4.78, 5) is 19.1. The predicted octanol–water partition coefficient (Wildman–Crippen LogP) is 3.79. The standard InChI is InChI=1S/C20H17N5OS/c1-20(2,3)15-10-27-19(24-15)12-6-4-11(5-7-12)16-13(8-21)17(23)25-18(26)14(16)9-22/h4-7,10H,1-3H3,(H3,23,25,26). The summed E-state index contributed by atoms with van der Waals surface area (Å²) in [5.41, 5.74) is 7.86. The van der Waals surface area contributed by atoms with Gasteiger partial charge in [-0.05, 0) is 5.56 Å². The average Bonchev–Trinajstić information content (AvgIpc) is 3.12.